The monoisotopic (exact) mass is 395 g/mol. The van der Waals surface area contributed by atoms with Crippen LogP contribution in [0.3, 0.4) is 0 Å². The number of fused-ring (bicyclic) bond motifs is 1. The van der Waals surface area contributed by atoms with Crippen LogP contribution < -0.4 is 14.8 Å². The molecule has 1 N–H and O–H groups in total. The number of para-hydroxylation sites is 1. The van der Waals surface area contributed by atoms with Crippen molar-refractivity contribution in [3.63, 3.8) is 0 Å². The number of halogens is 2. The van der Waals surface area contributed by atoms with Crippen molar-refractivity contribution in [2.45, 2.75) is 48.4 Å². The fraction of sp³-hybridized carbons (Fsp3) is 0.444. The van der Waals surface area contributed by atoms with Gasteiger partial charge in [0, 0.05) is 30.7 Å². The lowest BCUT2D eigenvalue weighted by molar-refractivity contribution is -0.286. The van der Waals surface area contributed by atoms with Crippen LogP contribution in [0, 0.1) is 0 Å². The largest absolute Gasteiger partial charge is 0.586 e. The molecule has 1 aliphatic carbocycles. The molecule has 0 radical (unpaired) electrons. The van der Waals surface area contributed by atoms with Crippen molar-refractivity contribution >= 4 is 17.7 Å². The number of hydrogen-bond donors (Lipinski definition) is 1. The first kappa shape index (κ1) is 18.1. The third kappa shape index (κ3) is 3.87. The van der Waals surface area contributed by atoms with Crippen LogP contribution in [0.5, 0.6) is 11.5 Å². The summed E-state index contributed by atoms with van der Waals surface area (Å²) in [5, 5.41) is 4.37. The Hall–Kier alpha value is -2.29. The van der Waals surface area contributed by atoms with Gasteiger partial charge in [-0.2, -0.15) is 0 Å². The highest BCUT2D eigenvalue weighted by atomic mass is 32.2. The quantitative estimate of drug-likeness (QED) is 0.857. The zero-order valence-corrected chi connectivity index (χ0v) is 15.5. The zero-order chi connectivity index (χ0) is 19.0. The van der Waals surface area contributed by atoms with Crippen LogP contribution in [0.4, 0.5) is 8.78 Å². The number of aromatic nitrogens is 2. The molecular formula is C18H19F2N3O3S. The van der Waals surface area contributed by atoms with Crippen LogP contribution in [0.1, 0.15) is 36.0 Å². The zero-order valence-electron chi connectivity index (χ0n) is 14.7. The number of hydrogen-bond acceptors (Lipinski definition) is 5. The number of imidazole rings is 1. The average molecular weight is 395 g/mol. The van der Waals surface area contributed by atoms with E-state index in [9.17, 15) is 13.6 Å². The van der Waals surface area contributed by atoms with E-state index in [4.69, 9.17) is 0 Å². The number of carbonyl (C=O) groups is 1. The number of rotatable bonds is 4. The topological polar surface area (TPSA) is 65.4 Å². The molecule has 0 bridgehead atoms. The van der Waals surface area contributed by atoms with Crippen molar-refractivity contribution in [1.29, 1.82) is 0 Å². The molecule has 9 heteroatoms. The van der Waals surface area contributed by atoms with Crippen LogP contribution >= 0.6 is 11.8 Å². The molecule has 27 heavy (non-hydrogen) atoms. The number of alkyl halides is 2. The predicted molar refractivity (Wildman–Crippen MR) is 95.2 cm³/mol. The number of amides is 1. The molecule has 0 atom stereocenters. The Morgan fingerprint density at radius 2 is 2.07 bits per heavy atom. The number of ether oxygens (including phenoxy) is 2. The third-order valence-electron chi connectivity index (χ3n) is 4.73. The maximum atomic E-state index is 13.3. The van der Waals surface area contributed by atoms with E-state index in [1.807, 2.05) is 17.8 Å². The molecule has 1 aromatic heterocycles. The molecule has 1 saturated carbocycles. The van der Waals surface area contributed by atoms with E-state index in [-0.39, 0.29) is 23.1 Å². The van der Waals surface area contributed by atoms with Crippen LogP contribution in [-0.2, 0) is 7.05 Å². The van der Waals surface area contributed by atoms with E-state index in [1.165, 1.54) is 18.2 Å². The number of nitrogens with one attached hydrogen (secondary N) is 1. The summed E-state index contributed by atoms with van der Waals surface area (Å²) in [5.41, 5.74) is 0.0641. The van der Waals surface area contributed by atoms with Crippen molar-refractivity contribution in [1.82, 2.24) is 14.9 Å². The molecule has 1 aromatic carbocycles. The lowest BCUT2D eigenvalue weighted by atomic mass is 9.94. The standard InChI is InChI=1S/C18H19F2N3O3S/c1-23-10-9-21-17(23)27-12-7-5-11(6-8-12)22-16(24)13-3-2-4-14-15(13)26-18(19,20)25-14/h2-4,9-12H,5-8H2,1H3,(H,22,24). The molecule has 4 rings (SSSR count). The fourth-order valence-corrected chi connectivity index (χ4v) is 4.51. The molecule has 2 aliphatic rings. The molecule has 0 saturated heterocycles. The van der Waals surface area contributed by atoms with Crippen molar-refractivity contribution in [2.75, 3.05) is 0 Å². The highest BCUT2D eigenvalue weighted by molar-refractivity contribution is 7.99. The summed E-state index contributed by atoms with van der Waals surface area (Å²) < 4.78 is 37.4. The van der Waals surface area contributed by atoms with Crippen LogP contribution in [0.15, 0.2) is 35.7 Å². The molecule has 144 valence electrons. The van der Waals surface area contributed by atoms with Gasteiger partial charge in [0.15, 0.2) is 16.7 Å². The molecule has 1 amide bonds. The normalized spacial score (nSPS) is 23.2. The average Bonchev–Trinajstić information content (AvgIpc) is 3.17. The first-order valence-corrected chi connectivity index (χ1v) is 9.63. The van der Waals surface area contributed by atoms with Crippen molar-refractivity contribution < 1.29 is 23.0 Å². The number of thioether (sulfide) groups is 1. The smallest absolute Gasteiger partial charge is 0.395 e. The van der Waals surface area contributed by atoms with Gasteiger partial charge in [-0.3, -0.25) is 4.79 Å². The van der Waals surface area contributed by atoms with E-state index >= 15 is 0 Å². The van der Waals surface area contributed by atoms with Crippen molar-refractivity contribution in [2.24, 2.45) is 7.05 Å². The highest BCUT2D eigenvalue weighted by Crippen LogP contribution is 2.43. The van der Waals surface area contributed by atoms with E-state index in [2.05, 4.69) is 19.8 Å². The number of nitrogens with zero attached hydrogens (tertiary/aromatic N) is 2. The van der Waals surface area contributed by atoms with Gasteiger partial charge in [-0.05, 0) is 37.8 Å². The Morgan fingerprint density at radius 1 is 1.30 bits per heavy atom. The maximum Gasteiger partial charge on any atom is 0.586 e. The lowest BCUT2D eigenvalue weighted by Crippen LogP contribution is -2.38. The second-order valence-electron chi connectivity index (χ2n) is 6.69. The fourth-order valence-electron chi connectivity index (χ4n) is 3.35. The van der Waals surface area contributed by atoms with Crippen LogP contribution in [-0.4, -0.2) is 33.0 Å². The number of benzene rings is 1. The molecule has 2 heterocycles. The van der Waals surface area contributed by atoms with Gasteiger partial charge in [0.25, 0.3) is 5.91 Å². The summed E-state index contributed by atoms with van der Waals surface area (Å²) >= 11 is 1.75. The Bertz CT molecular complexity index is 850. The Morgan fingerprint density at radius 3 is 2.78 bits per heavy atom. The summed E-state index contributed by atoms with van der Waals surface area (Å²) in [6, 6.07) is 4.32. The lowest BCUT2D eigenvalue weighted by Gasteiger charge is -2.28. The highest BCUT2D eigenvalue weighted by Gasteiger charge is 2.45. The minimum atomic E-state index is -3.74. The summed E-state index contributed by atoms with van der Waals surface area (Å²) in [7, 11) is 1.97. The molecule has 1 fully saturated rings. The van der Waals surface area contributed by atoms with Gasteiger partial charge in [0.1, 0.15) is 0 Å². The molecular weight excluding hydrogens is 376 g/mol. The van der Waals surface area contributed by atoms with Gasteiger partial charge in [-0.15, -0.1) is 8.78 Å². The van der Waals surface area contributed by atoms with E-state index in [1.54, 1.807) is 18.0 Å². The first-order chi connectivity index (χ1) is 12.9. The van der Waals surface area contributed by atoms with Gasteiger partial charge >= 0.3 is 6.29 Å². The molecule has 0 unspecified atom stereocenters. The van der Waals surface area contributed by atoms with Crippen molar-refractivity contribution in [3.05, 3.63) is 36.2 Å². The minimum Gasteiger partial charge on any atom is -0.395 e. The second kappa shape index (κ2) is 7.03. The molecule has 1 aliphatic heterocycles. The van der Waals surface area contributed by atoms with Gasteiger partial charge in [0.05, 0.1) is 5.56 Å². The number of carbonyl (C=O) groups excluding carboxylic acids is 1. The minimum absolute atomic E-state index is 0.00871. The van der Waals surface area contributed by atoms with Gasteiger partial charge in [-0.25, -0.2) is 4.98 Å². The first-order valence-electron chi connectivity index (χ1n) is 8.75. The predicted octanol–water partition coefficient (Wildman–Crippen LogP) is 3.57. The van der Waals surface area contributed by atoms with E-state index < -0.39 is 12.2 Å². The second-order valence-corrected chi connectivity index (χ2v) is 7.95. The van der Waals surface area contributed by atoms with E-state index in [0.29, 0.717) is 5.25 Å². The van der Waals surface area contributed by atoms with Gasteiger partial charge < -0.3 is 19.4 Å². The van der Waals surface area contributed by atoms with Crippen molar-refractivity contribution in [3.8, 4) is 11.5 Å². The Kier molecular flexibility index (Phi) is 4.71. The number of aryl methyl sites for hydroxylation is 1. The van der Waals surface area contributed by atoms with Crippen LogP contribution in [0.2, 0.25) is 0 Å². The Labute approximate surface area is 159 Å². The third-order valence-corrected chi connectivity index (χ3v) is 6.14. The van der Waals surface area contributed by atoms with Crippen LogP contribution in [0.25, 0.3) is 0 Å². The Balaban J connectivity index is 1.34. The molecule has 0 spiro atoms. The summed E-state index contributed by atoms with van der Waals surface area (Å²) in [6.07, 6.45) is 3.52. The van der Waals surface area contributed by atoms with E-state index in [0.717, 1.165) is 30.8 Å². The summed E-state index contributed by atoms with van der Waals surface area (Å²) in [4.78, 5) is 16.9. The molecule has 2 aromatic rings. The summed E-state index contributed by atoms with van der Waals surface area (Å²) in [6.45, 7) is 0. The maximum absolute atomic E-state index is 13.3. The van der Waals surface area contributed by atoms with Gasteiger partial charge in [-0.1, -0.05) is 17.8 Å². The summed E-state index contributed by atoms with van der Waals surface area (Å²) in [5.74, 6) is -0.754. The van der Waals surface area contributed by atoms with Gasteiger partial charge in [0.2, 0.25) is 0 Å². The molecule has 6 nitrogen and oxygen atoms in total. The SMILES string of the molecule is Cn1ccnc1SC1CCC(NC(=O)c2cccc3c2OC(F)(F)O3)CC1.